The summed E-state index contributed by atoms with van der Waals surface area (Å²) in [5.41, 5.74) is 5.04. The van der Waals surface area contributed by atoms with Crippen LogP contribution in [-0.2, 0) is 4.79 Å². The summed E-state index contributed by atoms with van der Waals surface area (Å²) in [5, 5.41) is 0.284. The third-order valence-corrected chi connectivity index (χ3v) is 3.47. The Morgan fingerprint density at radius 2 is 2.05 bits per heavy atom. The first-order valence-electron chi connectivity index (χ1n) is 7.17. The van der Waals surface area contributed by atoms with E-state index in [-0.39, 0.29) is 22.4 Å². The van der Waals surface area contributed by atoms with Crippen molar-refractivity contribution >= 4 is 23.4 Å². The zero-order valence-electron chi connectivity index (χ0n) is 12.6. The highest BCUT2D eigenvalue weighted by atomic mass is 35.5. The summed E-state index contributed by atoms with van der Waals surface area (Å²) < 4.78 is 10.7. The molecule has 1 fully saturated rings. The van der Waals surface area contributed by atoms with Gasteiger partial charge >= 0.3 is 0 Å². The number of carbonyl (C=O) groups excluding carboxylic acids is 2. The summed E-state index contributed by atoms with van der Waals surface area (Å²) in [4.78, 5) is 23.6. The first kappa shape index (κ1) is 16.4. The van der Waals surface area contributed by atoms with Crippen molar-refractivity contribution in [3.63, 3.8) is 0 Å². The van der Waals surface area contributed by atoms with Crippen molar-refractivity contribution in [1.82, 2.24) is 10.9 Å². The van der Waals surface area contributed by atoms with Crippen molar-refractivity contribution in [3.8, 4) is 11.5 Å². The van der Waals surface area contributed by atoms with Gasteiger partial charge in [-0.25, -0.2) is 0 Å². The van der Waals surface area contributed by atoms with Crippen LogP contribution in [0.3, 0.4) is 0 Å². The lowest BCUT2D eigenvalue weighted by Crippen LogP contribution is -2.42. The molecule has 1 aliphatic carbocycles. The van der Waals surface area contributed by atoms with Gasteiger partial charge in [0.05, 0.1) is 18.7 Å². The number of amides is 2. The highest BCUT2D eigenvalue weighted by Crippen LogP contribution is 2.36. The summed E-state index contributed by atoms with van der Waals surface area (Å²) in [6.45, 7) is 2.48. The van der Waals surface area contributed by atoms with Crippen LogP contribution in [0.25, 0.3) is 0 Å². The van der Waals surface area contributed by atoms with E-state index in [0.29, 0.717) is 18.1 Å². The molecule has 22 heavy (non-hydrogen) atoms. The van der Waals surface area contributed by atoms with E-state index in [0.717, 1.165) is 19.3 Å². The van der Waals surface area contributed by atoms with E-state index in [1.165, 1.54) is 19.2 Å². The summed E-state index contributed by atoms with van der Waals surface area (Å²) in [6.07, 6.45) is 2.56. The summed E-state index contributed by atoms with van der Waals surface area (Å²) in [5.74, 6) is 0.165. The van der Waals surface area contributed by atoms with Crippen LogP contribution in [0.15, 0.2) is 12.1 Å². The summed E-state index contributed by atoms with van der Waals surface area (Å²) in [7, 11) is 1.47. The van der Waals surface area contributed by atoms with Crippen molar-refractivity contribution in [2.45, 2.75) is 26.2 Å². The SMILES string of the molecule is CCCOc1c(Cl)cc(C(=O)NNC(=O)C2CC2)cc1OC. The molecule has 1 aromatic rings. The Balaban J connectivity index is 2.07. The van der Waals surface area contributed by atoms with Gasteiger partial charge in [0.1, 0.15) is 0 Å². The first-order valence-corrected chi connectivity index (χ1v) is 7.55. The third-order valence-electron chi connectivity index (χ3n) is 3.19. The molecule has 1 aromatic carbocycles. The van der Waals surface area contributed by atoms with Crippen LogP contribution in [-0.4, -0.2) is 25.5 Å². The molecule has 2 amide bonds. The minimum absolute atomic E-state index is 0.0169. The molecular weight excluding hydrogens is 308 g/mol. The predicted octanol–water partition coefficient (Wildman–Crippen LogP) is 2.31. The van der Waals surface area contributed by atoms with E-state index < -0.39 is 5.91 Å². The van der Waals surface area contributed by atoms with Gasteiger partial charge in [-0.1, -0.05) is 18.5 Å². The fourth-order valence-electron chi connectivity index (χ4n) is 1.83. The molecule has 6 nitrogen and oxygen atoms in total. The largest absolute Gasteiger partial charge is 0.493 e. The fourth-order valence-corrected chi connectivity index (χ4v) is 2.10. The van der Waals surface area contributed by atoms with Gasteiger partial charge in [0, 0.05) is 11.5 Å². The second-order valence-corrected chi connectivity index (χ2v) is 5.46. The molecule has 0 radical (unpaired) electrons. The van der Waals surface area contributed by atoms with E-state index in [1.54, 1.807) is 0 Å². The molecule has 0 bridgehead atoms. The van der Waals surface area contributed by atoms with E-state index in [4.69, 9.17) is 21.1 Å². The van der Waals surface area contributed by atoms with Gasteiger partial charge in [-0.05, 0) is 31.4 Å². The van der Waals surface area contributed by atoms with Gasteiger partial charge in [0.25, 0.3) is 5.91 Å². The Bertz CT molecular complexity index is 573. The van der Waals surface area contributed by atoms with E-state index in [2.05, 4.69) is 10.9 Å². The van der Waals surface area contributed by atoms with Crippen molar-refractivity contribution in [2.24, 2.45) is 5.92 Å². The predicted molar refractivity (Wildman–Crippen MR) is 82.1 cm³/mol. The van der Waals surface area contributed by atoms with Crippen LogP contribution in [0.1, 0.15) is 36.5 Å². The lowest BCUT2D eigenvalue weighted by Gasteiger charge is -2.14. The van der Waals surface area contributed by atoms with Crippen molar-refractivity contribution in [1.29, 1.82) is 0 Å². The number of benzene rings is 1. The highest BCUT2D eigenvalue weighted by Gasteiger charge is 2.29. The number of hydrogen-bond donors (Lipinski definition) is 2. The average molecular weight is 327 g/mol. The molecule has 0 unspecified atom stereocenters. The zero-order chi connectivity index (χ0) is 16.1. The second kappa shape index (κ2) is 7.35. The van der Waals surface area contributed by atoms with E-state index >= 15 is 0 Å². The van der Waals surface area contributed by atoms with E-state index in [9.17, 15) is 9.59 Å². The van der Waals surface area contributed by atoms with Crippen LogP contribution in [0.4, 0.5) is 0 Å². The maximum Gasteiger partial charge on any atom is 0.269 e. The van der Waals surface area contributed by atoms with Crippen molar-refractivity contribution in [3.05, 3.63) is 22.7 Å². The Morgan fingerprint density at radius 3 is 2.64 bits per heavy atom. The normalized spacial score (nSPS) is 13.4. The molecule has 120 valence electrons. The molecule has 0 atom stereocenters. The first-order chi connectivity index (χ1) is 10.6. The number of hydrogen-bond acceptors (Lipinski definition) is 4. The van der Waals surface area contributed by atoms with Crippen LogP contribution < -0.4 is 20.3 Å². The van der Waals surface area contributed by atoms with E-state index in [1.807, 2.05) is 6.92 Å². The van der Waals surface area contributed by atoms with Crippen LogP contribution in [0, 0.1) is 5.92 Å². The van der Waals surface area contributed by atoms with Gasteiger partial charge in [-0.15, -0.1) is 0 Å². The van der Waals surface area contributed by atoms with Gasteiger partial charge in [0.15, 0.2) is 11.5 Å². The van der Waals surface area contributed by atoms with Gasteiger partial charge < -0.3 is 9.47 Å². The van der Waals surface area contributed by atoms with Crippen LogP contribution >= 0.6 is 11.6 Å². The Morgan fingerprint density at radius 1 is 1.32 bits per heavy atom. The summed E-state index contributed by atoms with van der Waals surface area (Å²) >= 11 is 6.14. The minimum Gasteiger partial charge on any atom is -0.493 e. The molecule has 7 heteroatoms. The Hall–Kier alpha value is -1.95. The second-order valence-electron chi connectivity index (χ2n) is 5.06. The molecule has 0 spiro atoms. The molecule has 0 aromatic heterocycles. The smallest absolute Gasteiger partial charge is 0.269 e. The molecule has 1 saturated carbocycles. The number of rotatable bonds is 6. The standard InChI is InChI=1S/C15H19ClN2O4/c1-3-6-22-13-11(16)7-10(8-12(13)21-2)15(20)18-17-14(19)9-4-5-9/h7-9H,3-6H2,1-2H3,(H,17,19)(H,18,20). The van der Waals surface area contributed by atoms with Gasteiger partial charge in [0.2, 0.25) is 5.91 Å². The monoisotopic (exact) mass is 326 g/mol. The molecule has 0 heterocycles. The van der Waals surface area contributed by atoms with Gasteiger partial charge in [-0.3, -0.25) is 20.4 Å². The van der Waals surface area contributed by atoms with Crippen molar-refractivity contribution < 1.29 is 19.1 Å². The Labute approximate surface area is 134 Å². The number of halogens is 1. The number of nitrogens with one attached hydrogen (secondary N) is 2. The minimum atomic E-state index is -0.462. The Kier molecular flexibility index (Phi) is 5.49. The number of carbonyl (C=O) groups is 2. The highest BCUT2D eigenvalue weighted by molar-refractivity contribution is 6.32. The molecule has 2 N–H and O–H groups in total. The van der Waals surface area contributed by atoms with Crippen LogP contribution in [0.5, 0.6) is 11.5 Å². The lowest BCUT2D eigenvalue weighted by atomic mass is 10.2. The third kappa shape index (κ3) is 4.04. The zero-order valence-corrected chi connectivity index (χ0v) is 13.3. The number of methoxy groups -OCH3 is 1. The summed E-state index contributed by atoms with van der Waals surface area (Å²) in [6, 6.07) is 3.00. The number of ether oxygens (including phenoxy) is 2. The van der Waals surface area contributed by atoms with Crippen LogP contribution in [0.2, 0.25) is 5.02 Å². The maximum absolute atomic E-state index is 12.1. The fraction of sp³-hybridized carbons (Fsp3) is 0.467. The topological polar surface area (TPSA) is 76.7 Å². The molecule has 0 saturated heterocycles. The molecular formula is C15H19ClN2O4. The number of hydrazine groups is 1. The average Bonchev–Trinajstić information content (AvgIpc) is 3.35. The molecule has 2 rings (SSSR count). The molecule has 1 aliphatic rings. The quantitative estimate of drug-likeness (QED) is 0.786. The van der Waals surface area contributed by atoms with Crippen molar-refractivity contribution in [2.75, 3.05) is 13.7 Å². The molecule has 0 aliphatic heterocycles. The lowest BCUT2D eigenvalue weighted by molar-refractivity contribution is -0.123. The maximum atomic E-state index is 12.1. The van der Waals surface area contributed by atoms with Gasteiger partial charge in [-0.2, -0.15) is 0 Å².